The summed E-state index contributed by atoms with van der Waals surface area (Å²) < 4.78 is 0. The summed E-state index contributed by atoms with van der Waals surface area (Å²) in [5.41, 5.74) is 1.95. The van der Waals surface area contributed by atoms with Gasteiger partial charge in [0.25, 0.3) is 0 Å². The number of carbonyl (C=O) groups is 1. The molecule has 6 heteroatoms. The molecule has 1 saturated heterocycles. The molecule has 1 saturated carbocycles. The number of aromatic amines is 1. The van der Waals surface area contributed by atoms with Gasteiger partial charge < -0.3 is 20.1 Å². The first kappa shape index (κ1) is 17.3. The monoisotopic (exact) mass is 355 g/mol. The number of nitrogens with zero attached hydrogens (tertiary/aromatic N) is 3. The molecule has 2 heterocycles. The number of H-pyrrole nitrogens is 1. The van der Waals surface area contributed by atoms with Crippen LogP contribution in [0.3, 0.4) is 0 Å². The molecule has 1 aliphatic carbocycles. The lowest BCUT2D eigenvalue weighted by atomic mass is 10.1. The largest absolute Gasteiger partial charge is 0.340 e. The highest BCUT2D eigenvalue weighted by molar-refractivity contribution is 5.75. The van der Waals surface area contributed by atoms with Crippen molar-refractivity contribution in [1.29, 1.82) is 0 Å². The molecule has 2 amide bonds. The smallest absolute Gasteiger partial charge is 0.317 e. The van der Waals surface area contributed by atoms with Gasteiger partial charge in [-0.15, -0.1) is 0 Å². The first-order chi connectivity index (χ1) is 12.7. The number of para-hydroxylation sites is 2. The van der Waals surface area contributed by atoms with E-state index in [4.69, 9.17) is 0 Å². The molecule has 26 heavy (non-hydrogen) atoms. The van der Waals surface area contributed by atoms with Gasteiger partial charge in [-0.3, -0.25) is 0 Å². The van der Waals surface area contributed by atoms with Gasteiger partial charge in [-0.05, 0) is 43.9 Å². The molecule has 1 atom stereocenters. The molecular weight excluding hydrogens is 326 g/mol. The van der Waals surface area contributed by atoms with Crippen LogP contribution < -0.4 is 5.32 Å². The number of benzene rings is 1. The average molecular weight is 355 g/mol. The Bertz CT molecular complexity index is 718. The lowest BCUT2D eigenvalue weighted by molar-refractivity contribution is 0.202. The number of hydrogen-bond donors (Lipinski definition) is 2. The van der Waals surface area contributed by atoms with Crippen molar-refractivity contribution in [2.24, 2.45) is 5.92 Å². The number of amides is 2. The summed E-state index contributed by atoms with van der Waals surface area (Å²) in [6.45, 7) is 3.59. The maximum atomic E-state index is 12.4. The van der Waals surface area contributed by atoms with Gasteiger partial charge in [-0.25, -0.2) is 9.78 Å². The minimum atomic E-state index is -0.0234. The van der Waals surface area contributed by atoms with Crippen molar-refractivity contribution in [1.82, 2.24) is 25.1 Å². The summed E-state index contributed by atoms with van der Waals surface area (Å²) in [5, 5.41) is 3.11. The average Bonchev–Trinajstić information content (AvgIpc) is 3.38. The Labute approximate surface area is 155 Å². The fourth-order valence-electron chi connectivity index (χ4n) is 4.37. The number of hydrogen-bond acceptors (Lipinski definition) is 3. The molecule has 0 spiro atoms. The fourth-order valence-corrected chi connectivity index (χ4v) is 4.37. The first-order valence-electron chi connectivity index (χ1n) is 9.85. The molecule has 2 aliphatic rings. The Kier molecular flexibility index (Phi) is 5.11. The van der Waals surface area contributed by atoms with Gasteiger partial charge in [0.15, 0.2) is 0 Å². The van der Waals surface area contributed by atoms with Gasteiger partial charge in [0.2, 0.25) is 0 Å². The van der Waals surface area contributed by atoms with Gasteiger partial charge in [-0.2, -0.15) is 0 Å². The van der Waals surface area contributed by atoms with E-state index in [0.717, 1.165) is 36.0 Å². The van der Waals surface area contributed by atoms with E-state index in [1.54, 1.807) is 4.90 Å². The first-order valence-corrected chi connectivity index (χ1v) is 9.85. The summed E-state index contributed by atoms with van der Waals surface area (Å²) in [6, 6.07) is 8.71. The third-order valence-corrected chi connectivity index (χ3v) is 5.87. The summed E-state index contributed by atoms with van der Waals surface area (Å²) in [6.07, 6.45) is 6.69. The number of imidazole rings is 1. The minimum absolute atomic E-state index is 0.0234. The second-order valence-electron chi connectivity index (χ2n) is 7.83. The summed E-state index contributed by atoms with van der Waals surface area (Å²) in [4.78, 5) is 24.6. The van der Waals surface area contributed by atoms with Gasteiger partial charge in [0, 0.05) is 26.2 Å². The Hall–Kier alpha value is -2.08. The maximum Gasteiger partial charge on any atom is 0.317 e. The number of carbonyl (C=O) groups excluding carboxylic acids is 1. The Morgan fingerprint density at radius 1 is 1.31 bits per heavy atom. The molecule has 140 valence electrons. The van der Waals surface area contributed by atoms with Crippen LogP contribution in [0.25, 0.3) is 11.0 Å². The van der Waals surface area contributed by atoms with E-state index in [2.05, 4.69) is 20.2 Å². The second kappa shape index (κ2) is 7.66. The molecule has 0 unspecified atom stereocenters. The molecule has 0 bridgehead atoms. The van der Waals surface area contributed by atoms with E-state index in [0.29, 0.717) is 12.5 Å². The third-order valence-electron chi connectivity index (χ3n) is 5.87. The molecule has 2 N–H and O–H groups in total. The minimum Gasteiger partial charge on any atom is -0.340 e. The van der Waals surface area contributed by atoms with Crippen LogP contribution in [0.15, 0.2) is 24.3 Å². The van der Waals surface area contributed by atoms with Gasteiger partial charge >= 0.3 is 6.03 Å². The highest BCUT2D eigenvalue weighted by Gasteiger charge is 2.30. The molecule has 1 aromatic carbocycles. The van der Waals surface area contributed by atoms with Crippen LogP contribution in [-0.4, -0.2) is 58.5 Å². The normalized spacial score (nSPS) is 21.5. The molecule has 1 aromatic heterocycles. The zero-order valence-corrected chi connectivity index (χ0v) is 15.6. The van der Waals surface area contributed by atoms with Crippen LogP contribution in [0.4, 0.5) is 4.79 Å². The van der Waals surface area contributed by atoms with Crippen LogP contribution in [0.5, 0.6) is 0 Å². The molecule has 1 aliphatic heterocycles. The lowest BCUT2D eigenvalue weighted by Gasteiger charge is -2.24. The van der Waals surface area contributed by atoms with Crippen molar-refractivity contribution in [3.63, 3.8) is 0 Å². The van der Waals surface area contributed by atoms with Crippen molar-refractivity contribution in [2.75, 3.05) is 26.7 Å². The van der Waals surface area contributed by atoms with Gasteiger partial charge in [0.05, 0.1) is 17.6 Å². The molecule has 4 rings (SSSR count). The van der Waals surface area contributed by atoms with E-state index >= 15 is 0 Å². The van der Waals surface area contributed by atoms with Crippen molar-refractivity contribution in [2.45, 2.75) is 44.7 Å². The van der Waals surface area contributed by atoms with Crippen molar-refractivity contribution < 1.29 is 4.79 Å². The summed E-state index contributed by atoms with van der Waals surface area (Å²) >= 11 is 0. The van der Waals surface area contributed by atoms with Crippen LogP contribution in [0.1, 0.15) is 37.9 Å². The topological polar surface area (TPSA) is 64.3 Å². The molecule has 0 radical (unpaired) electrons. The van der Waals surface area contributed by atoms with Gasteiger partial charge in [-0.1, -0.05) is 25.0 Å². The Morgan fingerprint density at radius 3 is 2.92 bits per heavy atom. The Balaban J connectivity index is 1.24. The van der Waals surface area contributed by atoms with Crippen LogP contribution in [-0.2, 0) is 6.54 Å². The highest BCUT2D eigenvalue weighted by atomic mass is 16.2. The number of likely N-dealkylation sites (tertiary alicyclic amines) is 1. The molecule has 2 aromatic rings. The predicted molar refractivity (Wildman–Crippen MR) is 103 cm³/mol. The number of rotatable bonds is 5. The lowest BCUT2D eigenvalue weighted by Crippen LogP contribution is -2.40. The number of aromatic nitrogens is 2. The van der Waals surface area contributed by atoms with Crippen LogP contribution in [0, 0.1) is 5.92 Å². The quantitative estimate of drug-likeness (QED) is 0.867. The third kappa shape index (κ3) is 3.85. The van der Waals surface area contributed by atoms with Crippen molar-refractivity contribution >= 4 is 17.1 Å². The number of fused-ring (bicyclic) bond motifs is 1. The molecule has 2 fully saturated rings. The maximum absolute atomic E-state index is 12.4. The fraction of sp³-hybridized carbons (Fsp3) is 0.600. The van der Waals surface area contributed by atoms with Gasteiger partial charge in [0.1, 0.15) is 5.82 Å². The van der Waals surface area contributed by atoms with Crippen molar-refractivity contribution in [3.05, 3.63) is 30.1 Å². The van der Waals surface area contributed by atoms with E-state index in [1.807, 2.05) is 31.3 Å². The zero-order chi connectivity index (χ0) is 17.9. The SMILES string of the molecule is CN(Cc1nc2ccccc2[nH]1)C(=O)NC[C@H]1CCN(C2CCCC2)C1. The van der Waals surface area contributed by atoms with E-state index in [9.17, 15) is 4.79 Å². The van der Waals surface area contributed by atoms with E-state index < -0.39 is 0 Å². The van der Waals surface area contributed by atoms with E-state index in [-0.39, 0.29) is 6.03 Å². The van der Waals surface area contributed by atoms with Crippen LogP contribution in [0.2, 0.25) is 0 Å². The molecule has 6 nitrogen and oxygen atoms in total. The highest BCUT2D eigenvalue weighted by Crippen LogP contribution is 2.28. The predicted octanol–water partition coefficient (Wildman–Crippen LogP) is 2.97. The summed E-state index contributed by atoms with van der Waals surface area (Å²) in [7, 11) is 1.82. The Morgan fingerprint density at radius 2 is 2.12 bits per heavy atom. The van der Waals surface area contributed by atoms with E-state index in [1.165, 1.54) is 38.6 Å². The molecular formula is C20H29N5O. The van der Waals surface area contributed by atoms with Crippen molar-refractivity contribution in [3.8, 4) is 0 Å². The number of urea groups is 1. The van der Waals surface area contributed by atoms with Crippen LogP contribution >= 0.6 is 0 Å². The number of nitrogens with one attached hydrogen (secondary N) is 2. The second-order valence-corrected chi connectivity index (χ2v) is 7.83. The zero-order valence-electron chi connectivity index (χ0n) is 15.6. The standard InChI is InChI=1S/C20H29N5O/c1-24(14-19-22-17-8-4-5-9-18(17)23-19)20(26)21-12-15-10-11-25(13-15)16-6-2-3-7-16/h4-5,8-9,15-16H,2-3,6-7,10-14H2,1H3,(H,21,26)(H,22,23)/t15-/m1/s1. The summed E-state index contributed by atoms with van der Waals surface area (Å²) in [5.74, 6) is 1.40.